The van der Waals surface area contributed by atoms with Gasteiger partial charge in [-0.2, -0.15) is 0 Å². The van der Waals surface area contributed by atoms with Crippen LogP contribution in [-0.4, -0.2) is 57.3 Å². The van der Waals surface area contributed by atoms with E-state index in [0.717, 1.165) is 49.6 Å². The van der Waals surface area contributed by atoms with E-state index in [9.17, 15) is 9.18 Å². The molecule has 1 saturated heterocycles. The summed E-state index contributed by atoms with van der Waals surface area (Å²) in [6.07, 6.45) is 4.09. The third kappa shape index (κ3) is 4.81. The zero-order valence-corrected chi connectivity index (χ0v) is 16.6. The number of benzene rings is 1. The fourth-order valence-electron chi connectivity index (χ4n) is 3.71. The number of piperazine rings is 1. The lowest BCUT2D eigenvalue weighted by Crippen LogP contribution is -2.53. The van der Waals surface area contributed by atoms with Crippen molar-refractivity contribution in [1.82, 2.24) is 24.5 Å². The summed E-state index contributed by atoms with van der Waals surface area (Å²) in [6, 6.07) is 12.0. The molecule has 0 spiro atoms. The predicted octanol–water partition coefficient (Wildman–Crippen LogP) is 2.30. The molecule has 1 aliphatic rings. The summed E-state index contributed by atoms with van der Waals surface area (Å²) in [7, 11) is 0. The van der Waals surface area contributed by atoms with Gasteiger partial charge in [-0.15, -0.1) is 0 Å². The first-order valence-electron chi connectivity index (χ1n) is 10.00. The topological polar surface area (TPSA) is 52.9 Å². The molecule has 3 heterocycles. The monoisotopic (exact) mass is 395 g/mol. The molecule has 29 heavy (non-hydrogen) atoms. The minimum atomic E-state index is -0.269. The van der Waals surface area contributed by atoms with Gasteiger partial charge in [0.25, 0.3) is 0 Å². The minimum Gasteiger partial charge on any atom is -0.351 e. The molecule has 1 atom stereocenters. The van der Waals surface area contributed by atoms with Crippen molar-refractivity contribution in [3.05, 3.63) is 71.9 Å². The van der Waals surface area contributed by atoms with Crippen LogP contribution in [0.5, 0.6) is 0 Å². The van der Waals surface area contributed by atoms with Gasteiger partial charge in [0.2, 0.25) is 5.91 Å². The van der Waals surface area contributed by atoms with Gasteiger partial charge in [-0.05, 0) is 36.8 Å². The number of imidazole rings is 1. The fourth-order valence-corrected chi connectivity index (χ4v) is 3.71. The first-order chi connectivity index (χ1) is 14.1. The SMILES string of the molecule is CC(C(=O)NCc1ccc(F)cc1)N1CCN(Cc2cn3ccccc3n2)CC1. The summed E-state index contributed by atoms with van der Waals surface area (Å²) in [4.78, 5) is 21.8. The highest BCUT2D eigenvalue weighted by atomic mass is 19.1. The molecule has 0 radical (unpaired) electrons. The Balaban J connectivity index is 1.24. The van der Waals surface area contributed by atoms with E-state index in [-0.39, 0.29) is 17.8 Å². The second-order valence-corrected chi connectivity index (χ2v) is 7.53. The van der Waals surface area contributed by atoms with Crippen LogP contribution in [0.3, 0.4) is 0 Å². The Morgan fingerprint density at radius 1 is 1.14 bits per heavy atom. The van der Waals surface area contributed by atoms with Gasteiger partial charge < -0.3 is 9.72 Å². The van der Waals surface area contributed by atoms with Gasteiger partial charge in [0.15, 0.2) is 0 Å². The summed E-state index contributed by atoms with van der Waals surface area (Å²) in [5.41, 5.74) is 2.92. The largest absolute Gasteiger partial charge is 0.351 e. The van der Waals surface area contributed by atoms with Crippen LogP contribution in [-0.2, 0) is 17.9 Å². The molecule has 4 rings (SSSR count). The molecule has 1 unspecified atom stereocenters. The van der Waals surface area contributed by atoms with Crippen molar-refractivity contribution >= 4 is 11.6 Å². The van der Waals surface area contributed by atoms with Crippen molar-refractivity contribution in [2.45, 2.75) is 26.1 Å². The average molecular weight is 395 g/mol. The van der Waals surface area contributed by atoms with Gasteiger partial charge >= 0.3 is 0 Å². The Bertz CT molecular complexity index is 930. The van der Waals surface area contributed by atoms with E-state index in [4.69, 9.17) is 0 Å². The Labute approximate surface area is 170 Å². The summed E-state index contributed by atoms with van der Waals surface area (Å²) < 4.78 is 15.0. The molecule has 0 aliphatic carbocycles. The second-order valence-electron chi connectivity index (χ2n) is 7.53. The molecule has 1 aliphatic heterocycles. The maximum absolute atomic E-state index is 13.0. The standard InChI is InChI=1S/C22H26FN5O/c1-17(22(29)24-14-18-5-7-19(23)8-6-18)27-12-10-26(11-13-27)15-20-16-28-9-3-2-4-21(28)25-20/h2-9,16-17H,10-15H2,1H3,(H,24,29). The smallest absolute Gasteiger partial charge is 0.237 e. The van der Waals surface area contributed by atoms with Crippen LogP contribution >= 0.6 is 0 Å². The number of nitrogens with one attached hydrogen (secondary N) is 1. The maximum Gasteiger partial charge on any atom is 0.237 e. The number of amides is 1. The Morgan fingerprint density at radius 2 is 1.90 bits per heavy atom. The fraction of sp³-hybridized carbons (Fsp3) is 0.364. The Kier molecular flexibility index (Phi) is 5.87. The lowest BCUT2D eigenvalue weighted by atomic mass is 10.2. The van der Waals surface area contributed by atoms with Crippen molar-refractivity contribution in [2.24, 2.45) is 0 Å². The third-order valence-electron chi connectivity index (χ3n) is 5.51. The zero-order valence-electron chi connectivity index (χ0n) is 16.6. The average Bonchev–Trinajstić information content (AvgIpc) is 3.15. The predicted molar refractivity (Wildman–Crippen MR) is 110 cm³/mol. The summed E-state index contributed by atoms with van der Waals surface area (Å²) in [5, 5.41) is 2.95. The van der Waals surface area contributed by atoms with Crippen molar-refractivity contribution in [1.29, 1.82) is 0 Å². The molecule has 0 bridgehead atoms. The van der Waals surface area contributed by atoms with E-state index in [2.05, 4.69) is 26.3 Å². The minimum absolute atomic E-state index is 0.00289. The van der Waals surface area contributed by atoms with Gasteiger partial charge in [0, 0.05) is 51.7 Å². The summed E-state index contributed by atoms with van der Waals surface area (Å²) >= 11 is 0. The van der Waals surface area contributed by atoms with E-state index in [1.54, 1.807) is 12.1 Å². The number of hydrogen-bond donors (Lipinski definition) is 1. The first-order valence-corrected chi connectivity index (χ1v) is 10.00. The van der Waals surface area contributed by atoms with Crippen LogP contribution in [0.15, 0.2) is 54.9 Å². The molecule has 152 valence electrons. The first kappa shape index (κ1) is 19.5. The van der Waals surface area contributed by atoms with Crippen LogP contribution in [0.4, 0.5) is 4.39 Å². The second kappa shape index (κ2) is 8.71. The van der Waals surface area contributed by atoms with E-state index in [1.165, 1.54) is 12.1 Å². The van der Waals surface area contributed by atoms with E-state index >= 15 is 0 Å². The molecular formula is C22H26FN5O. The molecular weight excluding hydrogens is 369 g/mol. The highest BCUT2D eigenvalue weighted by molar-refractivity contribution is 5.81. The van der Waals surface area contributed by atoms with Gasteiger partial charge in [-0.3, -0.25) is 14.6 Å². The van der Waals surface area contributed by atoms with Gasteiger partial charge in [-0.1, -0.05) is 18.2 Å². The van der Waals surface area contributed by atoms with Gasteiger partial charge in [-0.25, -0.2) is 9.37 Å². The number of nitrogens with zero attached hydrogens (tertiary/aromatic N) is 4. The molecule has 6 nitrogen and oxygen atoms in total. The molecule has 1 N–H and O–H groups in total. The van der Waals surface area contributed by atoms with Crippen LogP contribution in [0, 0.1) is 5.82 Å². The van der Waals surface area contributed by atoms with E-state index in [0.29, 0.717) is 6.54 Å². The van der Waals surface area contributed by atoms with Gasteiger partial charge in [0.1, 0.15) is 11.5 Å². The number of fused-ring (bicyclic) bond motifs is 1. The number of aromatic nitrogens is 2. The van der Waals surface area contributed by atoms with E-state index in [1.807, 2.05) is 35.7 Å². The van der Waals surface area contributed by atoms with Crippen LogP contribution in [0.25, 0.3) is 5.65 Å². The van der Waals surface area contributed by atoms with Crippen LogP contribution < -0.4 is 5.32 Å². The molecule has 0 saturated carbocycles. The van der Waals surface area contributed by atoms with Crippen molar-refractivity contribution in [3.63, 3.8) is 0 Å². The van der Waals surface area contributed by atoms with Gasteiger partial charge in [0.05, 0.1) is 11.7 Å². The molecule has 2 aromatic heterocycles. The normalized spacial score (nSPS) is 16.8. The molecule has 1 amide bonds. The molecule has 3 aromatic rings. The van der Waals surface area contributed by atoms with Crippen molar-refractivity contribution in [2.75, 3.05) is 26.2 Å². The number of carbonyl (C=O) groups is 1. The summed E-state index contributed by atoms with van der Waals surface area (Å²) in [5.74, 6) is -0.266. The Morgan fingerprint density at radius 3 is 2.62 bits per heavy atom. The van der Waals surface area contributed by atoms with E-state index < -0.39 is 0 Å². The lowest BCUT2D eigenvalue weighted by molar-refractivity contribution is -0.126. The molecule has 1 aromatic carbocycles. The zero-order chi connectivity index (χ0) is 20.2. The van der Waals surface area contributed by atoms with Crippen LogP contribution in [0.2, 0.25) is 0 Å². The number of halogens is 1. The number of rotatable bonds is 6. The summed E-state index contributed by atoms with van der Waals surface area (Å²) in [6.45, 7) is 6.68. The molecule has 7 heteroatoms. The van der Waals surface area contributed by atoms with Crippen molar-refractivity contribution < 1.29 is 9.18 Å². The number of hydrogen-bond acceptors (Lipinski definition) is 4. The quantitative estimate of drug-likeness (QED) is 0.696. The lowest BCUT2D eigenvalue weighted by Gasteiger charge is -2.37. The Hall–Kier alpha value is -2.77. The highest BCUT2D eigenvalue weighted by Gasteiger charge is 2.25. The number of pyridine rings is 1. The van der Waals surface area contributed by atoms with Crippen LogP contribution in [0.1, 0.15) is 18.2 Å². The third-order valence-corrected chi connectivity index (χ3v) is 5.51. The van der Waals surface area contributed by atoms with Crippen molar-refractivity contribution in [3.8, 4) is 0 Å². The maximum atomic E-state index is 13.0. The molecule has 1 fully saturated rings. The highest BCUT2D eigenvalue weighted by Crippen LogP contribution is 2.12. The number of carbonyl (C=O) groups excluding carboxylic acids is 1.